The predicted molar refractivity (Wildman–Crippen MR) is 155 cm³/mol. The zero-order chi connectivity index (χ0) is 29.4. The molecule has 0 radical (unpaired) electrons. The van der Waals surface area contributed by atoms with E-state index in [9.17, 15) is 18.0 Å². The number of ether oxygens (including phenoxy) is 1. The van der Waals surface area contributed by atoms with E-state index in [1.54, 1.807) is 4.90 Å². The SMILES string of the molecule is CCCN1CCC[C@@H]1CC(C)c1ccc(Nc2ncc(C(F)(F)F)c(NCCCN3CCCOC3=O)n2)c(CC)c1. The quantitative estimate of drug-likeness (QED) is 0.253. The molecule has 0 saturated carbocycles. The third-order valence-electron chi connectivity index (χ3n) is 8.01. The molecular weight excluding hydrogens is 533 g/mol. The highest BCUT2D eigenvalue weighted by Gasteiger charge is 2.35. The van der Waals surface area contributed by atoms with Gasteiger partial charge in [0.25, 0.3) is 0 Å². The van der Waals surface area contributed by atoms with Gasteiger partial charge in [0, 0.05) is 37.6 Å². The van der Waals surface area contributed by atoms with Gasteiger partial charge in [-0.2, -0.15) is 18.2 Å². The van der Waals surface area contributed by atoms with Gasteiger partial charge in [-0.05, 0) is 81.1 Å². The fraction of sp³-hybridized carbons (Fsp3) is 0.633. The van der Waals surface area contributed by atoms with Gasteiger partial charge in [0.1, 0.15) is 11.4 Å². The topological polar surface area (TPSA) is 82.6 Å². The molecule has 1 aromatic carbocycles. The fourth-order valence-corrected chi connectivity index (χ4v) is 5.80. The van der Waals surface area contributed by atoms with E-state index in [2.05, 4.69) is 58.4 Å². The van der Waals surface area contributed by atoms with Crippen LogP contribution in [0.3, 0.4) is 0 Å². The molecule has 1 amide bonds. The maximum absolute atomic E-state index is 13.7. The van der Waals surface area contributed by atoms with E-state index in [4.69, 9.17) is 4.74 Å². The molecule has 0 spiro atoms. The summed E-state index contributed by atoms with van der Waals surface area (Å²) in [7, 11) is 0. The van der Waals surface area contributed by atoms with E-state index < -0.39 is 11.7 Å². The molecule has 226 valence electrons. The van der Waals surface area contributed by atoms with Crippen molar-refractivity contribution >= 4 is 23.5 Å². The van der Waals surface area contributed by atoms with Crippen LogP contribution in [0.15, 0.2) is 24.4 Å². The molecule has 4 rings (SSSR count). The van der Waals surface area contributed by atoms with Gasteiger partial charge in [-0.15, -0.1) is 0 Å². The second kappa shape index (κ2) is 14.2. The number of amides is 1. The van der Waals surface area contributed by atoms with Crippen molar-refractivity contribution in [1.82, 2.24) is 19.8 Å². The van der Waals surface area contributed by atoms with Crippen LogP contribution in [-0.2, 0) is 17.3 Å². The van der Waals surface area contributed by atoms with E-state index in [0.717, 1.165) is 43.3 Å². The molecule has 0 bridgehead atoms. The second-order valence-electron chi connectivity index (χ2n) is 11.1. The monoisotopic (exact) mass is 576 g/mol. The zero-order valence-corrected chi connectivity index (χ0v) is 24.4. The molecule has 2 aliphatic heterocycles. The number of anilines is 3. The number of aromatic nitrogens is 2. The number of likely N-dealkylation sites (tertiary alicyclic amines) is 1. The summed E-state index contributed by atoms with van der Waals surface area (Å²) >= 11 is 0. The first-order chi connectivity index (χ1) is 19.7. The second-order valence-corrected chi connectivity index (χ2v) is 11.1. The largest absolute Gasteiger partial charge is 0.449 e. The van der Waals surface area contributed by atoms with E-state index >= 15 is 0 Å². The van der Waals surface area contributed by atoms with Gasteiger partial charge in [0.2, 0.25) is 5.95 Å². The Hall–Kier alpha value is -3.08. The maximum Gasteiger partial charge on any atom is 0.421 e. The molecular formula is C30H43F3N6O2. The Balaban J connectivity index is 1.43. The smallest absolute Gasteiger partial charge is 0.421 e. The molecule has 11 heteroatoms. The Morgan fingerprint density at radius 3 is 2.73 bits per heavy atom. The highest BCUT2D eigenvalue weighted by Crippen LogP contribution is 2.35. The zero-order valence-electron chi connectivity index (χ0n) is 24.4. The van der Waals surface area contributed by atoms with Crippen LogP contribution in [0.1, 0.15) is 81.9 Å². The number of aryl methyl sites for hydroxylation is 1. The lowest BCUT2D eigenvalue weighted by Gasteiger charge is -2.27. The molecule has 41 heavy (non-hydrogen) atoms. The predicted octanol–water partition coefficient (Wildman–Crippen LogP) is 6.81. The molecule has 2 N–H and O–H groups in total. The number of nitrogens with one attached hydrogen (secondary N) is 2. The molecule has 2 fully saturated rings. The van der Waals surface area contributed by atoms with Gasteiger partial charge in [-0.25, -0.2) is 9.78 Å². The van der Waals surface area contributed by atoms with Crippen molar-refractivity contribution in [2.45, 2.75) is 83.9 Å². The molecule has 2 aromatic rings. The van der Waals surface area contributed by atoms with Gasteiger partial charge in [0.15, 0.2) is 0 Å². The van der Waals surface area contributed by atoms with Crippen molar-refractivity contribution in [3.05, 3.63) is 41.1 Å². The summed E-state index contributed by atoms with van der Waals surface area (Å²) in [5.74, 6) is 0.214. The number of rotatable bonds is 13. The summed E-state index contributed by atoms with van der Waals surface area (Å²) in [6, 6.07) is 6.89. The summed E-state index contributed by atoms with van der Waals surface area (Å²) in [6.45, 7) is 10.5. The van der Waals surface area contributed by atoms with E-state index in [0.29, 0.717) is 38.1 Å². The van der Waals surface area contributed by atoms with Crippen LogP contribution in [0, 0.1) is 0 Å². The summed E-state index contributed by atoms with van der Waals surface area (Å²) in [5, 5.41) is 5.95. The van der Waals surface area contributed by atoms with Gasteiger partial charge >= 0.3 is 12.3 Å². The third kappa shape index (κ3) is 8.24. The van der Waals surface area contributed by atoms with Gasteiger partial charge in [-0.3, -0.25) is 0 Å². The first-order valence-corrected chi connectivity index (χ1v) is 14.9. The summed E-state index contributed by atoms with van der Waals surface area (Å²) in [4.78, 5) is 24.1. The highest BCUT2D eigenvalue weighted by molar-refractivity contribution is 5.68. The number of cyclic esters (lactones) is 1. The van der Waals surface area contributed by atoms with Crippen molar-refractivity contribution in [3.8, 4) is 0 Å². The van der Waals surface area contributed by atoms with Crippen LogP contribution < -0.4 is 10.6 Å². The van der Waals surface area contributed by atoms with Crippen LogP contribution in [0.25, 0.3) is 0 Å². The maximum atomic E-state index is 13.7. The van der Waals surface area contributed by atoms with Gasteiger partial charge in [0.05, 0.1) is 6.61 Å². The highest BCUT2D eigenvalue weighted by atomic mass is 19.4. The normalized spacial score (nSPS) is 18.8. The lowest BCUT2D eigenvalue weighted by atomic mass is 9.91. The Labute approximate surface area is 241 Å². The van der Waals surface area contributed by atoms with Crippen molar-refractivity contribution in [2.75, 3.05) is 50.0 Å². The Morgan fingerprint density at radius 1 is 1.17 bits per heavy atom. The number of halogens is 3. The lowest BCUT2D eigenvalue weighted by Crippen LogP contribution is -2.38. The number of hydrogen-bond acceptors (Lipinski definition) is 7. The van der Waals surface area contributed by atoms with Crippen LogP contribution in [0.5, 0.6) is 0 Å². The summed E-state index contributed by atoms with van der Waals surface area (Å²) in [5.41, 5.74) is 2.19. The van der Waals surface area contributed by atoms with E-state index in [-0.39, 0.29) is 24.4 Å². The molecule has 2 aliphatic rings. The molecule has 1 unspecified atom stereocenters. The average Bonchev–Trinajstić information content (AvgIpc) is 3.38. The molecule has 1 aromatic heterocycles. The standard InChI is InChI=1S/C30H43F3N6O2/c1-4-13-38-14-6-9-24(38)18-21(3)23-10-11-26(22(5-2)19-23)36-28-35-20-25(30(31,32)33)27(37-28)34-12-7-15-39-16-8-17-41-29(39)40/h10-11,19-21,24H,4-9,12-18H2,1-3H3,(H2,34,35,36,37)/t21?,24-/m1/s1. The molecule has 8 nitrogen and oxygen atoms in total. The van der Waals surface area contributed by atoms with Crippen molar-refractivity contribution in [3.63, 3.8) is 0 Å². The Bertz CT molecular complexity index is 1160. The van der Waals surface area contributed by atoms with E-state index in [1.165, 1.54) is 31.4 Å². The van der Waals surface area contributed by atoms with Crippen LogP contribution in [0.2, 0.25) is 0 Å². The number of hydrogen-bond donors (Lipinski definition) is 2. The van der Waals surface area contributed by atoms with Crippen molar-refractivity contribution in [2.24, 2.45) is 0 Å². The minimum atomic E-state index is -4.60. The molecule has 2 atom stereocenters. The lowest BCUT2D eigenvalue weighted by molar-refractivity contribution is -0.137. The molecule has 3 heterocycles. The summed E-state index contributed by atoms with van der Waals surface area (Å²) < 4.78 is 46.1. The van der Waals surface area contributed by atoms with Crippen molar-refractivity contribution < 1.29 is 22.7 Å². The Kier molecular flexibility index (Phi) is 10.7. The number of carbonyl (C=O) groups excluding carboxylic acids is 1. The first kappa shape index (κ1) is 30.9. The van der Waals surface area contributed by atoms with Crippen molar-refractivity contribution in [1.29, 1.82) is 0 Å². The minimum Gasteiger partial charge on any atom is -0.449 e. The van der Waals surface area contributed by atoms with Gasteiger partial charge in [-0.1, -0.05) is 32.9 Å². The number of benzene rings is 1. The molecule has 0 aliphatic carbocycles. The molecule has 2 saturated heterocycles. The van der Waals surface area contributed by atoms with Crippen LogP contribution in [0.4, 0.5) is 35.4 Å². The Morgan fingerprint density at radius 2 is 2.00 bits per heavy atom. The number of alkyl halides is 3. The van der Waals surface area contributed by atoms with E-state index in [1.807, 2.05) is 6.07 Å². The van der Waals surface area contributed by atoms with Gasteiger partial charge < -0.3 is 25.2 Å². The number of carbonyl (C=O) groups is 1. The summed E-state index contributed by atoms with van der Waals surface area (Å²) in [6.07, 6.45) is 2.58. The van der Waals surface area contributed by atoms with Crippen LogP contribution >= 0.6 is 0 Å². The first-order valence-electron chi connectivity index (χ1n) is 14.9. The fourth-order valence-electron chi connectivity index (χ4n) is 5.80. The number of nitrogens with zero attached hydrogens (tertiary/aromatic N) is 4. The minimum absolute atomic E-state index is 0.0942. The van der Waals surface area contributed by atoms with Crippen LogP contribution in [-0.4, -0.2) is 71.2 Å². The average molecular weight is 577 g/mol. The third-order valence-corrected chi connectivity index (χ3v) is 8.01.